The van der Waals surface area contributed by atoms with Crippen molar-refractivity contribution in [2.75, 3.05) is 10.6 Å². The van der Waals surface area contributed by atoms with Gasteiger partial charge < -0.3 is 15.7 Å². The molecule has 1 aliphatic heterocycles. The highest BCUT2D eigenvalue weighted by Gasteiger charge is 2.55. The highest BCUT2D eigenvalue weighted by molar-refractivity contribution is 6.30. The number of hydrogen-bond donors (Lipinski definition) is 3. The first-order valence-electron chi connectivity index (χ1n) is 7.95. The number of benzene rings is 2. The first-order valence-corrected chi connectivity index (χ1v) is 8.33. The van der Waals surface area contributed by atoms with Gasteiger partial charge in [0.05, 0.1) is 11.4 Å². The minimum Gasteiger partial charge on any atom is -0.481 e. The molecule has 1 fully saturated rings. The molecule has 0 aromatic heterocycles. The second-order valence-electron chi connectivity index (χ2n) is 6.53. The molecule has 2 aromatic rings. The number of fused-ring (bicyclic) bond motifs is 1. The fourth-order valence-corrected chi connectivity index (χ4v) is 3.70. The molecule has 0 amide bonds. The average molecular weight is 365 g/mol. The second-order valence-corrected chi connectivity index (χ2v) is 6.97. The Bertz CT molecular complexity index is 822. The molecule has 0 bridgehead atoms. The molecule has 1 unspecified atom stereocenters. The highest BCUT2D eigenvalue weighted by Crippen LogP contribution is 2.52. The molecule has 3 N–H and O–H groups in total. The van der Waals surface area contributed by atoms with Crippen LogP contribution in [0, 0.1) is 23.5 Å². The monoisotopic (exact) mass is 364 g/mol. The summed E-state index contributed by atoms with van der Waals surface area (Å²) in [6, 6.07) is 8.86. The fourth-order valence-electron chi connectivity index (χ4n) is 3.57. The fraction of sp³-hybridized carbons (Fsp3) is 0.278. The van der Waals surface area contributed by atoms with Crippen LogP contribution in [0.2, 0.25) is 5.02 Å². The third kappa shape index (κ3) is 2.61. The topological polar surface area (TPSA) is 61.4 Å². The smallest absolute Gasteiger partial charge is 0.311 e. The van der Waals surface area contributed by atoms with E-state index in [0.717, 1.165) is 25.0 Å². The van der Waals surface area contributed by atoms with Gasteiger partial charge in [-0.15, -0.1) is 0 Å². The predicted octanol–water partition coefficient (Wildman–Crippen LogP) is 4.42. The number of carboxylic acid groups (broad SMARTS) is 1. The maximum atomic E-state index is 13.6. The van der Waals surface area contributed by atoms with Gasteiger partial charge in [-0.3, -0.25) is 4.79 Å². The Morgan fingerprint density at radius 1 is 1.12 bits per heavy atom. The Morgan fingerprint density at radius 2 is 1.64 bits per heavy atom. The minimum atomic E-state index is -1.19. The lowest BCUT2D eigenvalue weighted by Crippen LogP contribution is -2.50. The maximum absolute atomic E-state index is 13.6. The molecule has 2 aliphatic rings. The van der Waals surface area contributed by atoms with E-state index in [2.05, 4.69) is 10.6 Å². The number of carboxylic acids is 1. The van der Waals surface area contributed by atoms with Crippen molar-refractivity contribution >= 4 is 28.9 Å². The zero-order chi connectivity index (χ0) is 17.8. The quantitative estimate of drug-likeness (QED) is 0.751. The summed E-state index contributed by atoms with van der Waals surface area (Å²) in [6.07, 6.45) is 1.60. The molecule has 0 radical (unpaired) electrons. The molecule has 4 nitrogen and oxygen atoms in total. The van der Waals surface area contributed by atoms with Crippen LogP contribution >= 0.6 is 11.6 Å². The molecule has 0 spiro atoms. The summed E-state index contributed by atoms with van der Waals surface area (Å²) in [5.41, 5.74) is 0.120. The predicted molar refractivity (Wildman–Crippen MR) is 90.6 cm³/mol. The third-order valence-electron chi connectivity index (χ3n) is 4.85. The van der Waals surface area contributed by atoms with Crippen molar-refractivity contribution in [1.29, 1.82) is 0 Å². The number of aliphatic carboxylic acids is 1. The number of carbonyl (C=O) groups is 1. The number of rotatable bonds is 4. The Labute approximate surface area is 147 Å². The molecule has 7 heteroatoms. The molecular formula is C18H15ClF2N2O2. The van der Waals surface area contributed by atoms with E-state index in [1.54, 1.807) is 24.3 Å². The van der Waals surface area contributed by atoms with Crippen molar-refractivity contribution < 1.29 is 18.7 Å². The van der Waals surface area contributed by atoms with E-state index in [1.165, 1.54) is 0 Å². The van der Waals surface area contributed by atoms with E-state index in [1.807, 2.05) is 0 Å². The zero-order valence-corrected chi connectivity index (χ0v) is 13.8. The number of nitrogens with one attached hydrogen (secondary N) is 2. The Hall–Kier alpha value is -2.34. The molecule has 2 aromatic carbocycles. The lowest BCUT2D eigenvalue weighted by Gasteiger charge is -2.37. The van der Waals surface area contributed by atoms with Gasteiger partial charge >= 0.3 is 5.97 Å². The van der Waals surface area contributed by atoms with Crippen molar-refractivity contribution in [3.05, 3.63) is 58.6 Å². The standard InChI is InChI=1S/C18H15ClF2N2O2/c19-11-5-3-10(4-6-11)18(16(17(24)25)9-1-2-9)22-14-7-12(20)13(21)8-15(14)23-18/h3-9,16,22-23H,1-2H2,(H,24,25). The first-order chi connectivity index (χ1) is 11.9. The highest BCUT2D eigenvalue weighted by atomic mass is 35.5. The van der Waals surface area contributed by atoms with Crippen LogP contribution in [-0.2, 0) is 10.5 Å². The van der Waals surface area contributed by atoms with E-state index in [0.29, 0.717) is 22.0 Å². The lowest BCUT2D eigenvalue weighted by atomic mass is 9.82. The molecule has 25 heavy (non-hydrogen) atoms. The van der Waals surface area contributed by atoms with Crippen LogP contribution in [0.25, 0.3) is 0 Å². The molecule has 4 rings (SSSR count). The van der Waals surface area contributed by atoms with Crippen LogP contribution in [0.15, 0.2) is 36.4 Å². The molecule has 0 saturated heterocycles. The summed E-state index contributed by atoms with van der Waals surface area (Å²) in [5, 5.41) is 16.6. The average Bonchev–Trinajstić information content (AvgIpc) is 3.30. The normalized spacial score (nSPS) is 18.8. The zero-order valence-electron chi connectivity index (χ0n) is 13.0. The SMILES string of the molecule is O=C(O)C(C1CC1)C1(c2ccc(Cl)cc2)Nc2cc(F)c(F)cc2N1. The number of anilines is 2. The molecule has 130 valence electrons. The third-order valence-corrected chi connectivity index (χ3v) is 5.10. The molecule has 1 atom stereocenters. The van der Waals surface area contributed by atoms with Gasteiger partial charge in [0.1, 0.15) is 11.6 Å². The summed E-state index contributed by atoms with van der Waals surface area (Å²) < 4.78 is 27.3. The Kier molecular flexibility index (Phi) is 3.61. The van der Waals surface area contributed by atoms with Gasteiger partial charge in [-0.25, -0.2) is 8.78 Å². The van der Waals surface area contributed by atoms with E-state index >= 15 is 0 Å². The van der Waals surface area contributed by atoms with Gasteiger partial charge in [0.25, 0.3) is 0 Å². The van der Waals surface area contributed by atoms with Gasteiger partial charge in [0.15, 0.2) is 11.6 Å². The van der Waals surface area contributed by atoms with Crippen LogP contribution in [0.1, 0.15) is 18.4 Å². The Balaban J connectivity index is 1.86. The van der Waals surface area contributed by atoms with Crippen LogP contribution < -0.4 is 10.6 Å². The van der Waals surface area contributed by atoms with E-state index in [9.17, 15) is 18.7 Å². The van der Waals surface area contributed by atoms with Crippen LogP contribution in [0.4, 0.5) is 20.2 Å². The van der Waals surface area contributed by atoms with Gasteiger partial charge in [-0.2, -0.15) is 0 Å². The number of hydrogen-bond acceptors (Lipinski definition) is 3. The van der Waals surface area contributed by atoms with Crippen molar-refractivity contribution in [3.63, 3.8) is 0 Å². The van der Waals surface area contributed by atoms with Crippen LogP contribution in [0.3, 0.4) is 0 Å². The summed E-state index contributed by atoms with van der Waals surface area (Å²) >= 11 is 5.96. The summed E-state index contributed by atoms with van der Waals surface area (Å²) in [7, 11) is 0. The van der Waals surface area contributed by atoms with Gasteiger partial charge in [0, 0.05) is 17.2 Å². The lowest BCUT2D eigenvalue weighted by molar-refractivity contribution is -0.144. The summed E-state index contributed by atoms with van der Waals surface area (Å²) in [6.45, 7) is 0. The van der Waals surface area contributed by atoms with E-state index < -0.39 is 29.2 Å². The minimum absolute atomic E-state index is 0.0165. The first kappa shape index (κ1) is 16.1. The van der Waals surface area contributed by atoms with Gasteiger partial charge in [-0.05, 0) is 36.5 Å². The molecule has 1 saturated carbocycles. The van der Waals surface area contributed by atoms with Gasteiger partial charge in [-0.1, -0.05) is 23.7 Å². The van der Waals surface area contributed by atoms with Crippen LogP contribution in [-0.4, -0.2) is 11.1 Å². The summed E-state index contributed by atoms with van der Waals surface area (Å²) in [4.78, 5) is 12.0. The van der Waals surface area contributed by atoms with Crippen molar-refractivity contribution in [1.82, 2.24) is 0 Å². The molecule has 1 aliphatic carbocycles. The largest absolute Gasteiger partial charge is 0.481 e. The maximum Gasteiger partial charge on any atom is 0.311 e. The Morgan fingerprint density at radius 3 is 2.08 bits per heavy atom. The van der Waals surface area contributed by atoms with Crippen molar-refractivity contribution in [3.8, 4) is 0 Å². The number of halogens is 3. The van der Waals surface area contributed by atoms with Crippen molar-refractivity contribution in [2.24, 2.45) is 11.8 Å². The van der Waals surface area contributed by atoms with E-state index in [4.69, 9.17) is 11.6 Å². The molecular weight excluding hydrogens is 350 g/mol. The van der Waals surface area contributed by atoms with Crippen molar-refractivity contribution in [2.45, 2.75) is 18.5 Å². The van der Waals surface area contributed by atoms with E-state index in [-0.39, 0.29) is 5.92 Å². The summed E-state index contributed by atoms with van der Waals surface area (Å²) in [5.74, 6) is -3.76. The second kappa shape index (κ2) is 5.59. The van der Waals surface area contributed by atoms with Gasteiger partial charge in [0.2, 0.25) is 0 Å². The molecule has 1 heterocycles. The van der Waals surface area contributed by atoms with Crippen LogP contribution in [0.5, 0.6) is 0 Å².